The highest BCUT2D eigenvalue weighted by atomic mass is 16.5. The molecule has 0 aromatic carbocycles. The molecule has 0 radical (unpaired) electrons. The van der Waals surface area contributed by atoms with Gasteiger partial charge in [0, 0.05) is 18.8 Å². The Morgan fingerprint density at radius 1 is 1.08 bits per heavy atom. The molecule has 5 nitrogen and oxygen atoms in total. The summed E-state index contributed by atoms with van der Waals surface area (Å²) < 4.78 is 10.8. The van der Waals surface area contributed by atoms with Gasteiger partial charge in [0.2, 0.25) is 0 Å². The van der Waals surface area contributed by atoms with Crippen LogP contribution in [0.25, 0.3) is 0 Å². The van der Waals surface area contributed by atoms with E-state index < -0.39 is 5.97 Å². The van der Waals surface area contributed by atoms with Gasteiger partial charge in [-0.1, -0.05) is 39.8 Å². The molecule has 0 bridgehead atoms. The fourth-order valence-electron chi connectivity index (χ4n) is 1.80. The number of unbranched alkanes of at least 4 members (excludes halogenated alkanes) is 1. The Morgan fingerprint density at radius 3 is 2.12 bits per heavy atom. The molecule has 0 aliphatic carbocycles. The van der Waals surface area contributed by atoms with Crippen molar-refractivity contribution in [1.29, 1.82) is 0 Å². The van der Waals surface area contributed by atoms with Crippen LogP contribution in [0.1, 0.15) is 59.8 Å². The van der Waals surface area contributed by atoms with E-state index in [0.29, 0.717) is 6.61 Å². The number of carbonyl (C=O) groups is 2. The van der Waals surface area contributed by atoms with Crippen LogP contribution in [0.4, 0.5) is 0 Å². The van der Waals surface area contributed by atoms with Crippen molar-refractivity contribution >= 4 is 11.9 Å². The molecule has 0 amide bonds. The summed E-state index contributed by atoms with van der Waals surface area (Å²) in [5.41, 5.74) is -0.140. The molecule has 0 aliphatic heterocycles. The number of carboxylic acids is 1. The highest BCUT2D eigenvalue weighted by Crippen LogP contribution is 2.18. The molecule has 0 aliphatic rings. The Morgan fingerprint density at radius 2 is 1.67 bits per heavy atom. The Hall–Kier alpha value is -1.62. The van der Waals surface area contributed by atoms with Crippen LogP contribution in [-0.4, -0.2) is 35.9 Å². The van der Waals surface area contributed by atoms with E-state index in [1.54, 1.807) is 0 Å². The SMILES string of the molecule is C=CC(=O)O.C=CC(=O)OCCCC(C)(C)OCCCCC(C)C. The van der Waals surface area contributed by atoms with Gasteiger partial charge in [0.25, 0.3) is 0 Å². The third-order valence-electron chi connectivity index (χ3n) is 3.18. The molecule has 140 valence electrons. The van der Waals surface area contributed by atoms with Gasteiger partial charge in [-0.3, -0.25) is 0 Å². The summed E-state index contributed by atoms with van der Waals surface area (Å²) in [5, 5.41) is 7.60. The summed E-state index contributed by atoms with van der Waals surface area (Å²) >= 11 is 0. The van der Waals surface area contributed by atoms with E-state index in [1.807, 2.05) is 0 Å². The molecular formula is C19H34O5. The maximum Gasteiger partial charge on any atom is 0.330 e. The first kappa shape index (κ1) is 24.6. The van der Waals surface area contributed by atoms with Gasteiger partial charge < -0.3 is 14.6 Å². The lowest BCUT2D eigenvalue weighted by molar-refractivity contribution is -0.138. The normalized spacial score (nSPS) is 10.5. The third kappa shape index (κ3) is 20.4. The van der Waals surface area contributed by atoms with Crippen molar-refractivity contribution in [2.45, 2.75) is 65.4 Å². The fourth-order valence-corrected chi connectivity index (χ4v) is 1.80. The molecule has 0 atom stereocenters. The van der Waals surface area contributed by atoms with Gasteiger partial charge in [-0.05, 0) is 39.0 Å². The van der Waals surface area contributed by atoms with E-state index in [0.717, 1.165) is 37.9 Å². The molecule has 1 N–H and O–H groups in total. The lowest BCUT2D eigenvalue weighted by Crippen LogP contribution is -2.25. The van der Waals surface area contributed by atoms with E-state index in [9.17, 15) is 9.59 Å². The third-order valence-corrected chi connectivity index (χ3v) is 3.18. The lowest BCUT2D eigenvalue weighted by atomic mass is 10.0. The number of hydrogen-bond donors (Lipinski definition) is 1. The molecule has 0 heterocycles. The second kappa shape index (κ2) is 14.9. The average Bonchev–Trinajstić information content (AvgIpc) is 2.51. The molecule has 0 rings (SSSR count). The molecule has 0 aromatic heterocycles. The molecule has 24 heavy (non-hydrogen) atoms. The number of aliphatic carboxylic acids is 1. The topological polar surface area (TPSA) is 72.8 Å². The predicted octanol–water partition coefficient (Wildman–Crippen LogP) is 4.37. The van der Waals surface area contributed by atoms with E-state index in [-0.39, 0.29) is 11.6 Å². The highest BCUT2D eigenvalue weighted by molar-refractivity contribution is 5.81. The van der Waals surface area contributed by atoms with Crippen molar-refractivity contribution in [3.8, 4) is 0 Å². The molecule has 0 spiro atoms. The molecular weight excluding hydrogens is 308 g/mol. The van der Waals surface area contributed by atoms with E-state index >= 15 is 0 Å². The zero-order chi connectivity index (χ0) is 19.0. The second-order valence-electron chi connectivity index (χ2n) is 6.52. The quantitative estimate of drug-likeness (QED) is 0.324. The number of ether oxygens (including phenoxy) is 2. The lowest BCUT2D eigenvalue weighted by Gasteiger charge is -2.25. The standard InChI is InChI=1S/C16H30O3.C3H4O2/c1-6-15(17)18-12-9-11-16(4,5)19-13-8-7-10-14(2)3;1-2-3(4)5/h6,14H,1,7-13H2,2-5H3;2H,1H2,(H,4,5). The Balaban J connectivity index is 0. The van der Waals surface area contributed by atoms with E-state index in [2.05, 4.69) is 40.9 Å². The maximum atomic E-state index is 10.9. The first-order valence-corrected chi connectivity index (χ1v) is 8.43. The van der Waals surface area contributed by atoms with Crippen molar-refractivity contribution in [3.05, 3.63) is 25.3 Å². The van der Waals surface area contributed by atoms with Crippen LogP contribution in [0.5, 0.6) is 0 Å². The summed E-state index contributed by atoms with van der Waals surface area (Å²) in [7, 11) is 0. The summed E-state index contributed by atoms with van der Waals surface area (Å²) in [6.45, 7) is 16.2. The number of carbonyl (C=O) groups excluding carboxylic acids is 1. The minimum Gasteiger partial charge on any atom is -0.478 e. The molecule has 0 saturated heterocycles. The molecule has 5 heteroatoms. The molecule has 0 aromatic rings. The number of esters is 1. The molecule has 0 unspecified atom stereocenters. The smallest absolute Gasteiger partial charge is 0.330 e. The summed E-state index contributed by atoms with van der Waals surface area (Å²) in [6, 6.07) is 0. The Kier molecular flexibility index (Phi) is 15.3. The van der Waals surface area contributed by atoms with Crippen LogP contribution in [0.3, 0.4) is 0 Å². The molecule has 0 fully saturated rings. The monoisotopic (exact) mass is 342 g/mol. The zero-order valence-corrected chi connectivity index (χ0v) is 15.7. The van der Waals surface area contributed by atoms with Crippen LogP contribution in [-0.2, 0) is 19.1 Å². The van der Waals surface area contributed by atoms with Gasteiger partial charge in [0.1, 0.15) is 0 Å². The van der Waals surface area contributed by atoms with Crippen molar-refractivity contribution < 1.29 is 24.2 Å². The predicted molar refractivity (Wildman–Crippen MR) is 96.9 cm³/mol. The minimum atomic E-state index is -0.981. The van der Waals surface area contributed by atoms with Gasteiger partial charge >= 0.3 is 11.9 Å². The second-order valence-corrected chi connectivity index (χ2v) is 6.52. The minimum absolute atomic E-state index is 0.140. The van der Waals surface area contributed by atoms with Crippen LogP contribution in [0.15, 0.2) is 25.3 Å². The fraction of sp³-hybridized carbons (Fsp3) is 0.684. The average molecular weight is 342 g/mol. The van der Waals surface area contributed by atoms with Gasteiger partial charge in [0.15, 0.2) is 0 Å². The summed E-state index contributed by atoms with van der Waals surface area (Å²) in [6.07, 6.45) is 7.34. The van der Waals surface area contributed by atoms with Crippen LogP contribution in [0.2, 0.25) is 0 Å². The van der Waals surface area contributed by atoms with Crippen molar-refractivity contribution in [3.63, 3.8) is 0 Å². The van der Waals surface area contributed by atoms with Crippen LogP contribution < -0.4 is 0 Å². The summed E-state index contributed by atoms with van der Waals surface area (Å²) in [5.74, 6) is -0.565. The van der Waals surface area contributed by atoms with Gasteiger partial charge in [-0.15, -0.1) is 0 Å². The van der Waals surface area contributed by atoms with Crippen molar-refractivity contribution in [1.82, 2.24) is 0 Å². The Labute approximate surface area is 146 Å². The van der Waals surface area contributed by atoms with Gasteiger partial charge in [-0.25, -0.2) is 9.59 Å². The van der Waals surface area contributed by atoms with Crippen molar-refractivity contribution in [2.75, 3.05) is 13.2 Å². The van der Waals surface area contributed by atoms with E-state index in [1.165, 1.54) is 18.9 Å². The van der Waals surface area contributed by atoms with Gasteiger partial charge in [0.05, 0.1) is 12.2 Å². The number of carboxylic acid groups (broad SMARTS) is 1. The first-order chi connectivity index (χ1) is 11.1. The zero-order valence-electron chi connectivity index (χ0n) is 15.7. The largest absolute Gasteiger partial charge is 0.478 e. The van der Waals surface area contributed by atoms with Crippen LogP contribution >= 0.6 is 0 Å². The Bertz CT molecular complexity index is 372. The first-order valence-electron chi connectivity index (χ1n) is 8.43. The molecule has 0 saturated carbocycles. The highest BCUT2D eigenvalue weighted by Gasteiger charge is 2.17. The summed E-state index contributed by atoms with van der Waals surface area (Å²) in [4.78, 5) is 20.1. The number of hydrogen-bond acceptors (Lipinski definition) is 4. The van der Waals surface area contributed by atoms with Crippen molar-refractivity contribution in [2.24, 2.45) is 5.92 Å². The maximum absolute atomic E-state index is 10.9. The number of rotatable bonds is 12. The van der Waals surface area contributed by atoms with Gasteiger partial charge in [-0.2, -0.15) is 0 Å². The van der Waals surface area contributed by atoms with Crippen LogP contribution in [0, 0.1) is 5.92 Å². The van der Waals surface area contributed by atoms with E-state index in [4.69, 9.17) is 14.6 Å².